The molecule has 0 fully saturated rings. The maximum Gasteiger partial charge on any atom is 0.115 e. The van der Waals surface area contributed by atoms with Gasteiger partial charge < -0.3 is 4.90 Å². The Morgan fingerprint density at radius 2 is 1.34 bits per heavy atom. The van der Waals surface area contributed by atoms with Crippen LogP contribution in [0.2, 0.25) is 0 Å². The number of aromatic nitrogens is 4. The summed E-state index contributed by atoms with van der Waals surface area (Å²) in [6.45, 7) is 1.43. The van der Waals surface area contributed by atoms with Gasteiger partial charge >= 0.3 is 0 Å². The first-order chi connectivity index (χ1) is 14.4. The summed E-state index contributed by atoms with van der Waals surface area (Å²) in [6, 6.07) is 22.4. The summed E-state index contributed by atoms with van der Waals surface area (Å²) in [7, 11) is 0. The summed E-state index contributed by atoms with van der Waals surface area (Å²) < 4.78 is 0. The van der Waals surface area contributed by atoms with Crippen LogP contribution < -0.4 is 4.90 Å². The van der Waals surface area contributed by atoms with E-state index in [9.17, 15) is 0 Å². The number of nitrogens with zero attached hydrogens (tertiary/aromatic N) is 5. The van der Waals surface area contributed by atoms with Crippen LogP contribution in [-0.2, 0) is 13.1 Å². The fourth-order valence-corrected chi connectivity index (χ4v) is 2.99. The Morgan fingerprint density at radius 1 is 0.655 bits per heavy atom. The minimum atomic E-state index is 0.716. The number of anilines is 1. The molecule has 0 aliphatic heterocycles. The van der Waals surface area contributed by atoms with Gasteiger partial charge in [-0.1, -0.05) is 30.3 Å². The average Bonchev–Trinajstić information content (AvgIpc) is 2.80. The lowest BCUT2D eigenvalue weighted by molar-refractivity contribution is 0.765. The third-order valence-corrected chi connectivity index (χ3v) is 4.47. The molecular formula is C24H21N5. The minimum absolute atomic E-state index is 0.716. The van der Waals surface area contributed by atoms with Gasteiger partial charge in [0, 0.05) is 24.3 Å². The Morgan fingerprint density at radius 3 is 1.90 bits per heavy atom. The summed E-state index contributed by atoms with van der Waals surface area (Å²) in [5, 5.41) is 0. The van der Waals surface area contributed by atoms with Crippen molar-refractivity contribution in [3.05, 3.63) is 114 Å². The van der Waals surface area contributed by atoms with Gasteiger partial charge in [-0.3, -0.25) is 9.97 Å². The Bertz CT molecular complexity index is 991. The second-order valence-corrected chi connectivity index (χ2v) is 6.56. The molecule has 0 saturated heterocycles. The first kappa shape index (κ1) is 18.5. The lowest BCUT2D eigenvalue weighted by Gasteiger charge is -2.24. The zero-order chi connectivity index (χ0) is 19.7. The van der Waals surface area contributed by atoms with Crippen molar-refractivity contribution >= 4 is 17.8 Å². The Balaban J connectivity index is 1.54. The lowest BCUT2D eigenvalue weighted by Crippen LogP contribution is -2.23. The van der Waals surface area contributed by atoms with E-state index in [1.807, 2.05) is 67.0 Å². The van der Waals surface area contributed by atoms with Gasteiger partial charge in [0.15, 0.2) is 0 Å². The quantitative estimate of drug-likeness (QED) is 0.468. The van der Waals surface area contributed by atoms with E-state index < -0.39 is 0 Å². The van der Waals surface area contributed by atoms with Crippen LogP contribution in [0.3, 0.4) is 0 Å². The lowest BCUT2D eigenvalue weighted by atomic mass is 10.1. The number of hydrogen-bond acceptors (Lipinski definition) is 5. The second-order valence-electron chi connectivity index (χ2n) is 6.56. The first-order valence-electron chi connectivity index (χ1n) is 9.46. The van der Waals surface area contributed by atoms with E-state index in [1.165, 1.54) is 0 Å². The summed E-state index contributed by atoms with van der Waals surface area (Å²) in [6.07, 6.45) is 11.0. The third-order valence-electron chi connectivity index (χ3n) is 4.47. The van der Waals surface area contributed by atoms with Gasteiger partial charge in [0.1, 0.15) is 6.33 Å². The largest absolute Gasteiger partial charge is 0.360 e. The highest BCUT2D eigenvalue weighted by atomic mass is 15.1. The molecule has 0 atom stereocenters. The maximum absolute atomic E-state index is 4.48. The summed E-state index contributed by atoms with van der Waals surface area (Å²) >= 11 is 0. The van der Waals surface area contributed by atoms with Crippen LogP contribution in [0.1, 0.15) is 22.6 Å². The van der Waals surface area contributed by atoms with E-state index in [-0.39, 0.29) is 0 Å². The molecule has 0 saturated carbocycles. The number of benzene rings is 1. The molecule has 0 aliphatic carbocycles. The molecule has 3 aromatic heterocycles. The van der Waals surface area contributed by atoms with E-state index >= 15 is 0 Å². The van der Waals surface area contributed by atoms with Crippen LogP contribution in [0.25, 0.3) is 12.2 Å². The zero-order valence-corrected chi connectivity index (χ0v) is 16.0. The van der Waals surface area contributed by atoms with Gasteiger partial charge in [0.2, 0.25) is 0 Å². The predicted molar refractivity (Wildman–Crippen MR) is 116 cm³/mol. The van der Waals surface area contributed by atoms with Crippen molar-refractivity contribution in [1.82, 2.24) is 19.9 Å². The number of rotatable bonds is 7. The van der Waals surface area contributed by atoms with Crippen molar-refractivity contribution in [3.8, 4) is 0 Å². The molecule has 0 radical (unpaired) electrons. The molecule has 29 heavy (non-hydrogen) atoms. The van der Waals surface area contributed by atoms with Crippen LogP contribution in [0, 0.1) is 0 Å². The normalized spacial score (nSPS) is 10.9. The van der Waals surface area contributed by atoms with Gasteiger partial charge in [0.05, 0.1) is 30.2 Å². The molecule has 5 nitrogen and oxygen atoms in total. The molecule has 5 heteroatoms. The SMILES string of the molecule is C(=C\c1ccncn1)/c1ccc(N(Cc2ccccn2)Cc2ccccn2)cc1. The Labute approximate surface area is 170 Å². The van der Waals surface area contributed by atoms with Crippen molar-refractivity contribution in [1.29, 1.82) is 0 Å². The third kappa shape index (κ3) is 5.32. The molecule has 0 amide bonds. The van der Waals surface area contributed by atoms with Gasteiger partial charge in [-0.25, -0.2) is 9.97 Å². The molecule has 4 rings (SSSR count). The molecule has 4 aromatic rings. The van der Waals surface area contributed by atoms with Crippen molar-refractivity contribution in [2.75, 3.05) is 4.90 Å². The van der Waals surface area contributed by atoms with Crippen molar-refractivity contribution < 1.29 is 0 Å². The highest BCUT2D eigenvalue weighted by molar-refractivity contribution is 5.69. The topological polar surface area (TPSA) is 54.8 Å². The highest BCUT2D eigenvalue weighted by Crippen LogP contribution is 2.21. The van der Waals surface area contributed by atoms with Crippen LogP contribution in [-0.4, -0.2) is 19.9 Å². The smallest absolute Gasteiger partial charge is 0.115 e. The van der Waals surface area contributed by atoms with Gasteiger partial charge in [0.25, 0.3) is 0 Å². The van der Waals surface area contributed by atoms with Crippen LogP contribution in [0.15, 0.2) is 91.6 Å². The van der Waals surface area contributed by atoms with Crippen LogP contribution in [0.5, 0.6) is 0 Å². The molecule has 0 N–H and O–H groups in total. The number of pyridine rings is 2. The summed E-state index contributed by atoms with van der Waals surface area (Å²) in [5.41, 5.74) is 5.17. The molecule has 0 aliphatic rings. The highest BCUT2D eigenvalue weighted by Gasteiger charge is 2.10. The van der Waals surface area contributed by atoms with E-state index in [4.69, 9.17) is 0 Å². The van der Waals surface area contributed by atoms with Crippen molar-refractivity contribution in [2.45, 2.75) is 13.1 Å². The molecule has 142 valence electrons. The molecular weight excluding hydrogens is 358 g/mol. The standard InChI is InChI=1S/C24H21N5/c1-3-14-26-22(5-1)17-29(18-23-6-2-4-15-27-23)24-11-8-20(9-12-24)7-10-21-13-16-25-19-28-21/h1-16,19H,17-18H2/b10-7+. The Kier molecular flexibility index (Phi) is 5.98. The maximum atomic E-state index is 4.48. The van der Waals surface area contributed by atoms with E-state index in [1.54, 1.807) is 12.5 Å². The van der Waals surface area contributed by atoms with Gasteiger partial charge in [-0.2, -0.15) is 0 Å². The minimum Gasteiger partial charge on any atom is -0.360 e. The second kappa shape index (κ2) is 9.37. The zero-order valence-electron chi connectivity index (χ0n) is 16.0. The first-order valence-corrected chi connectivity index (χ1v) is 9.46. The Hall–Kier alpha value is -3.86. The number of hydrogen-bond donors (Lipinski definition) is 0. The molecule has 1 aromatic carbocycles. The van der Waals surface area contributed by atoms with E-state index in [0.717, 1.165) is 28.3 Å². The summed E-state index contributed by atoms with van der Waals surface area (Å²) in [5.74, 6) is 0. The predicted octanol–water partition coefficient (Wildman–Crippen LogP) is 4.64. The summed E-state index contributed by atoms with van der Waals surface area (Å²) in [4.78, 5) is 19.4. The fourth-order valence-electron chi connectivity index (χ4n) is 2.99. The monoisotopic (exact) mass is 379 g/mol. The van der Waals surface area contributed by atoms with Crippen molar-refractivity contribution in [2.24, 2.45) is 0 Å². The van der Waals surface area contributed by atoms with Gasteiger partial charge in [-0.15, -0.1) is 0 Å². The van der Waals surface area contributed by atoms with Crippen LogP contribution >= 0.6 is 0 Å². The molecule has 0 spiro atoms. The van der Waals surface area contributed by atoms with Gasteiger partial charge in [-0.05, 0) is 54.1 Å². The van der Waals surface area contributed by atoms with E-state index in [2.05, 4.69) is 49.1 Å². The molecule has 3 heterocycles. The average molecular weight is 379 g/mol. The fraction of sp³-hybridized carbons (Fsp3) is 0.0833. The molecule has 0 bridgehead atoms. The van der Waals surface area contributed by atoms with Crippen LogP contribution in [0.4, 0.5) is 5.69 Å². The van der Waals surface area contributed by atoms with Crippen molar-refractivity contribution in [3.63, 3.8) is 0 Å². The molecule has 0 unspecified atom stereocenters. The van der Waals surface area contributed by atoms with E-state index in [0.29, 0.717) is 13.1 Å².